The summed E-state index contributed by atoms with van der Waals surface area (Å²) < 4.78 is 13.7. The van der Waals surface area contributed by atoms with Crippen LogP contribution in [0.3, 0.4) is 0 Å². The number of halogens is 1. The number of thiophene rings is 1. The molecule has 0 fully saturated rings. The lowest BCUT2D eigenvalue weighted by Gasteiger charge is -1.98. The summed E-state index contributed by atoms with van der Waals surface area (Å²) in [5.41, 5.74) is 5.29. The summed E-state index contributed by atoms with van der Waals surface area (Å²) in [5, 5.41) is 3.56. The van der Waals surface area contributed by atoms with E-state index in [1.165, 1.54) is 23.5 Å². The molecule has 0 radical (unpaired) electrons. The van der Waals surface area contributed by atoms with E-state index < -0.39 is 0 Å². The van der Waals surface area contributed by atoms with Crippen LogP contribution in [0.5, 0.6) is 0 Å². The molecule has 16 heavy (non-hydrogen) atoms. The topological polar surface area (TPSA) is 55.1 Å². The largest absolute Gasteiger partial charge is 0.350 e. The highest BCUT2D eigenvalue weighted by atomic mass is 32.1. The fraction of sp³-hybridized carbons (Fsp3) is 0.182. The number of fused-ring (bicyclic) bond motifs is 1. The van der Waals surface area contributed by atoms with E-state index in [-0.39, 0.29) is 11.7 Å². The van der Waals surface area contributed by atoms with Gasteiger partial charge in [-0.3, -0.25) is 4.79 Å². The molecule has 0 saturated carbocycles. The van der Waals surface area contributed by atoms with Crippen molar-refractivity contribution in [3.63, 3.8) is 0 Å². The van der Waals surface area contributed by atoms with Crippen molar-refractivity contribution in [3.8, 4) is 0 Å². The van der Waals surface area contributed by atoms with Crippen LogP contribution in [-0.2, 0) is 0 Å². The number of hydrogen-bond acceptors (Lipinski definition) is 3. The molecule has 3 nitrogen and oxygen atoms in total. The van der Waals surface area contributed by atoms with E-state index in [2.05, 4.69) is 5.32 Å². The summed E-state index contributed by atoms with van der Waals surface area (Å²) >= 11 is 1.28. The van der Waals surface area contributed by atoms with Crippen LogP contribution in [0.2, 0.25) is 0 Å². The SMILES string of the molecule is NCCNC(=O)c1cc2ccc(F)cc2s1. The first kappa shape index (κ1) is 11.0. The van der Waals surface area contributed by atoms with Crippen LogP contribution in [0.15, 0.2) is 24.3 Å². The van der Waals surface area contributed by atoms with Crippen LogP contribution in [0.25, 0.3) is 10.1 Å². The quantitative estimate of drug-likeness (QED) is 0.855. The average molecular weight is 238 g/mol. The van der Waals surface area contributed by atoms with Gasteiger partial charge in [-0.15, -0.1) is 11.3 Å². The molecular weight excluding hydrogens is 227 g/mol. The van der Waals surface area contributed by atoms with Gasteiger partial charge in [-0.25, -0.2) is 4.39 Å². The van der Waals surface area contributed by atoms with Gasteiger partial charge in [0.1, 0.15) is 5.82 Å². The standard InChI is InChI=1S/C11H11FN2OS/c12-8-2-1-7-5-10(16-9(7)6-8)11(15)14-4-3-13/h1-2,5-6H,3-4,13H2,(H,14,15). The van der Waals surface area contributed by atoms with Gasteiger partial charge in [0.25, 0.3) is 5.91 Å². The van der Waals surface area contributed by atoms with Gasteiger partial charge in [0, 0.05) is 17.8 Å². The van der Waals surface area contributed by atoms with Crippen LogP contribution in [0.4, 0.5) is 4.39 Å². The van der Waals surface area contributed by atoms with E-state index >= 15 is 0 Å². The van der Waals surface area contributed by atoms with Crippen molar-refractivity contribution in [2.45, 2.75) is 0 Å². The fourth-order valence-electron chi connectivity index (χ4n) is 1.39. The lowest BCUT2D eigenvalue weighted by Crippen LogP contribution is -2.28. The summed E-state index contributed by atoms with van der Waals surface area (Å²) in [4.78, 5) is 12.2. The Labute approximate surface area is 96.1 Å². The predicted molar refractivity (Wildman–Crippen MR) is 63.2 cm³/mol. The molecule has 1 amide bonds. The minimum Gasteiger partial charge on any atom is -0.350 e. The first-order valence-electron chi connectivity index (χ1n) is 4.88. The van der Waals surface area contributed by atoms with Gasteiger partial charge in [-0.05, 0) is 23.6 Å². The molecule has 0 aliphatic heterocycles. The van der Waals surface area contributed by atoms with E-state index in [1.54, 1.807) is 12.1 Å². The van der Waals surface area contributed by atoms with Crippen molar-refractivity contribution in [1.29, 1.82) is 0 Å². The van der Waals surface area contributed by atoms with Crippen molar-refractivity contribution in [2.24, 2.45) is 5.73 Å². The summed E-state index contributed by atoms with van der Waals surface area (Å²) in [6, 6.07) is 6.24. The second-order valence-electron chi connectivity index (χ2n) is 3.34. The highest BCUT2D eigenvalue weighted by molar-refractivity contribution is 7.20. The minimum atomic E-state index is -0.289. The van der Waals surface area contributed by atoms with Crippen molar-refractivity contribution in [1.82, 2.24) is 5.32 Å². The molecule has 0 bridgehead atoms. The maximum absolute atomic E-state index is 12.9. The summed E-state index contributed by atoms with van der Waals surface area (Å²) in [6.45, 7) is 0.854. The first-order valence-corrected chi connectivity index (χ1v) is 5.70. The van der Waals surface area contributed by atoms with Crippen LogP contribution in [0, 0.1) is 5.82 Å². The number of hydrogen-bond donors (Lipinski definition) is 2. The van der Waals surface area contributed by atoms with Crippen LogP contribution >= 0.6 is 11.3 Å². The van der Waals surface area contributed by atoms with Gasteiger partial charge >= 0.3 is 0 Å². The summed E-state index contributed by atoms with van der Waals surface area (Å²) in [7, 11) is 0. The van der Waals surface area contributed by atoms with E-state index in [1.807, 2.05) is 0 Å². The Bertz CT molecular complexity index is 524. The van der Waals surface area contributed by atoms with Crippen LogP contribution in [0.1, 0.15) is 9.67 Å². The molecule has 0 aliphatic rings. The zero-order valence-electron chi connectivity index (χ0n) is 8.50. The van der Waals surface area contributed by atoms with Gasteiger partial charge in [-0.2, -0.15) is 0 Å². The molecule has 1 aromatic carbocycles. The maximum atomic E-state index is 12.9. The number of carbonyl (C=O) groups excluding carboxylic acids is 1. The van der Waals surface area contributed by atoms with Gasteiger partial charge in [0.2, 0.25) is 0 Å². The normalized spacial score (nSPS) is 10.6. The zero-order valence-corrected chi connectivity index (χ0v) is 9.31. The van der Waals surface area contributed by atoms with E-state index in [0.717, 1.165) is 10.1 Å². The fourth-order valence-corrected chi connectivity index (χ4v) is 2.39. The number of rotatable bonds is 3. The molecule has 2 rings (SSSR count). The highest BCUT2D eigenvalue weighted by Crippen LogP contribution is 2.26. The van der Waals surface area contributed by atoms with Crippen molar-refractivity contribution in [2.75, 3.05) is 13.1 Å². The van der Waals surface area contributed by atoms with Gasteiger partial charge in [-0.1, -0.05) is 6.07 Å². The maximum Gasteiger partial charge on any atom is 0.261 e. The predicted octanol–water partition coefficient (Wildman–Crippen LogP) is 1.73. The lowest BCUT2D eigenvalue weighted by atomic mass is 10.2. The highest BCUT2D eigenvalue weighted by Gasteiger charge is 2.09. The Hall–Kier alpha value is -1.46. The third-order valence-electron chi connectivity index (χ3n) is 2.14. The zero-order chi connectivity index (χ0) is 11.5. The van der Waals surface area contributed by atoms with Crippen molar-refractivity contribution < 1.29 is 9.18 Å². The Morgan fingerprint density at radius 2 is 2.25 bits per heavy atom. The van der Waals surface area contributed by atoms with Crippen molar-refractivity contribution >= 4 is 27.3 Å². The third kappa shape index (κ3) is 2.20. The van der Waals surface area contributed by atoms with Gasteiger partial charge < -0.3 is 11.1 Å². The number of nitrogens with one attached hydrogen (secondary N) is 1. The molecule has 84 valence electrons. The molecule has 3 N–H and O–H groups in total. The minimum absolute atomic E-state index is 0.160. The monoisotopic (exact) mass is 238 g/mol. The van der Waals surface area contributed by atoms with Crippen molar-refractivity contribution in [3.05, 3.63) is 35.0 Å². The molecule has 0 aliphatic carbocycles. The Balaban J connectivity index is 2.28. The first-order chi connectivity index (χ1) is 7.70. The Kier molecular flexibility index (Phi) is 3.17. The molecule has 1 heterocycles. The van der Waals surface area contributed by atoms with E-state index in [9.17, 15) is 9.18 Å². The molecule has 1 aromatic heterocycles. The summed E-state index contributed by atoms with van der Waals surface area (Å²) in [6.07, 6.45) is 0. The second-order valence-corrected chi connectivity index (χ2v) is 4.42. The number of carbonyl (C=O) groups is 1. The number of benzene rings is 1. The molecule has 0 spiro atoms. The average Bonchev–Trinajstić information content (AvgIpc) is 2.68. The third-order valence-corrected chi connectivity index (χ3v) is 3.23. The molecule has 0 unspecified atom stereocenters. The van der Waals surface area contributed by atoms with Gasteiger partial charge in [0.15, 0.2) is 0 Å². The molecular formula is C11H11FN2OS. The Morgan fingerprint density at radius 1 is 1.44 bits per heavy atom. The smallest absolute Gasteiger partial charge is 0.261 e. The molecule has 2 aromatic rings. The molecule has 5 heteroatoms. The van der Waals surface area contributed by atoms with E-state index in [0.29, 0.717) is 18.0 Å². The molecule has 0 atom stereocenters. The van der Waals surface area contributed by atoms with E-state index in [4.69, 9.17) is 5.73 Å². The van der Waals surface area contributed by atoms with Crippen LogP contribution in [-0.4, -0.2) is 19.0 Å². The second kappa shape index (κ2) is 4.59. The Morgan fingerprint density at radius 3 is 3.00 bits per heavy atom. The number of amides is 1. The summed E-state index contributed by atoms with van der Waals surface area (Å²) in [5.74, 6) is -0.449. The van der Waals surface area contributed by atoms with Gasteiger partial charge in [0.05, 0.1) is 4.88 Å². The van der Waals surface area contributed by atoms with Crippen LogP contribution < -0.4 is 11.1 Å². The lowest BCUT2D eigenvalue weighted by molar-refractivity contribution is 0.0959. The molecule has 0 saturated heterocycles. The number of nitrogens with two attached hydrogens (primary N) is 1.